The molecule has 1 aromatic carbocycles. The largest absolute Gasteiger partial charge is 0.381 e. The van der Waals surface area contributed by atoms with Crippen molar-refractivity contribution in [2.75, 3.05) is 13.2 Å². The van der Waals surface area contributed by atoms with Crippen LogP contribution in [0.3, 0.4) is 0 Å². The van der Waals surface area contributed by atoms with E-state index in [0.29, 0.717) is 18.8 Å². The molecule has 0 saturated carbocycles. The highest BCUT2D eigenvalue weighted by atomic mass is 19.1. The number of halogens is 1. The second-order valence-electron chi connectivity index (χ2n) is 4.20. The number of carbonyl (C=O) groups is 1. The van der Waals surface area contributed by atoms with Crippen LogP contribution in [-0.2, 0) is 16.1 Å². The lowest BCUT2D eigenvalue weighted by molar-refractivity contribution is -0.128. The zero-order valence-corrected chi connectivity index (χ0v) is 9.62. The first kappa shape index (κ1) is 12.0. The minimum atomic E-state index is -0.278. The zero-order chi connectivity index (χ0) is 12.1. The Bertz CT molecular complexity index is 389. The summed E-state index contributed by atoms with van der Waals surface area (Å²) in [6.07, 6.45) is 1.51. The lowest BCUT2D eigenvalue weighted by Gasteiger charge is -2.21. The Morgan fingerprint density at radius 2 is 2.06 bits per heavy atom. The van der Waals surface area contributed by atoms with Crippen LogP contribution >= 0.6 is 0 Å². The molecule has 2 rings (SSSR count). The van der Waals surface area contributed by atoms with Gasteiger partial charge in [0.2, 0.25) is 5.91 Å². The molecule has 0 spiro atoms. The van der Waals surface area contributed by atoms with Gasteiger partial charge in [0, 0.05) is 31.2 Å². The second-order valence-corrected chi connectivity index (χ2v) is 4.20. The highest BCUT2D eigenvalue weighted by molar-refractivity contribution is 5.78. The lowest BCUT2D eigenvalue weighted by Crippen LogP contribution is -2.34. The van der Waals surface area contributed by atoms with Gasteiger partial charge in [-0.3, -0.25) is 4.79 Å². The third kappa shape index (κ3) is 3.27. The Morgan fingerprint density at radius 3 is 2.76 bits per heavy atom. The van der Waals surface area contributed by atoms with Crippen molar-refractivity contribution in [3.63, 3.8) is 0 Å². The van der Waals surface area contributed by atoms with Crippen molar-refractivity contribution in [2.24, 2.45) is 5.92 Å². The van der Waals surface area contributed by atoms with E-state index >= 15 is 0 Å². The van der Waals surface area contributed by atoms with Gasteiger partial charge in [-0.05, 0) is 18.9 Å². The Balaban J connectivity index is 1.85. The predicted molar refractivity (Wildman–Crippen MR) is 61.8 cm³/mol. The molecule has 0 aromatic heterocycles. The highest BCUT2D eigenvalue weighted by Crippen LogP contribution is 2.15. The van der Waals surface area contributed by atoms with Gasteiger partial charge >= 0.3 is 0 Å². The van der Waals surface area contributed by atoms with Gasteiger partial charge in [0.15, 0.2) is 0 Å². The molecule has 92 valence electrons. The standard InChI is InChI=1S/C13H16FNO2/c14-12-4-2-1-3-11(12)9-15-13(16)10-5-7-17-8-6-10/h1-4,10H,5-9H2,(H,15,16). The van der Waals surface area contributed by atoms with Crippen molar-refractivity contribution in [2.45, 2.75) is 19.4 Å². The summed E-state index contributed by atoms with van der Waals surface area (Å²) >= 11 is 0. The summed E-state index contributed by atoms with van der Waals surface area (Å²) in [5.74, 6) is -0.271. The molecular formula is C13H16FNO2. The van der Waals surface area contributed by atoms with E-state index in [4.69, 9.17) is 4.74 Å². The number of nitrogens with one attached hydrogen (secondary N) is 1. The van der Waals surface area contributed by atoms with Crippen molar-refractivity contribution < 1.29 is 13.9 Å². The van der Waals surface area contributed by atoms with Crippen LogP contribution in [0.25, 0.3) is 0 Å². The molecule has 1 aliphatic heterocycles. The number of ether oxygens (including phenoxy) is 1. The number of rotatable bonds is 3. The first-order valence-corrected chi connectivity index (χ1v) is 5.86. The van der Waals surface area contributed by atoms with E-state index < -0.39 is 0 Å². The molecule has 4 heteroatoms. The van der Waals surface area contributed by atoms with Crippen LogP contribution in [0.1, 0.15) is 18.4 Å². The number of hydrogen-bond donors (Lipinski definition) is 1. The Hall–Kier alpha value is -1.42. The second kappa shape index (κ2) is 5.77. The molecule has 17 heavy (non-hydrogen) atoms. The van der Waals surface area contributed by atoms with Gasteiger partial charge in [-0.25, -0.2) is 4.39 Å². The minimum Gasteiger partial charge on any atom is -0.381 e. The monoisotopic (exact) mass is 237 g/mol. The SMILES string of the molecule is O=C(NCc1ccccc1F)C1CCOCC1. The quantitative estimate of drug-likeness (QED) is 0.871. The molecule has 1 saturated heterocycles. The van der Waals surface area contributed by atoms with E-state index in [1.807, 2.05) is 0 Å². The average Bonchev–Trinajstić information content (AvgIpc) is 2.38. The van der Waals surface area contributed by atoms with Crippen LogP contribution in [0.5, 0.6) is 0 Å². The van der Waals surface area contributed by atoms with Crippen molar-refractivity contribution in [1.29, 1.82) is 0 Å². The highest BCUT2D eigenvalue weighted by Gasteiger charge is 2.21. The summed E-state index contributed by atoms with van der Waals surface area (Å²) in [4.78, 5) is 11.8. The maximum absolute atomic E-state index is 13.3. The van der Waals surface area contributed by atoms with Crippen LogP contribution in [0, 0.1) is 11.7 Å². The van der Waals surface area contributed by atoms with Gasteiger partial charge in [-0.1, -0.05) is 18.2 Å². The minimum absolute atomic E-state index is 0.00319. The molecular weight excluding hydrogens is 221 g/mol. The van der Waals surface area contributed by atoms with Crippen molar-refractivity contribution in [1.82, 2.24) is 5.32 Å². The van der Waals surface area contributed by atoms with Crippen molar-refractivity contribution >= 4 is 5.91 Å². The summed E-state index contributed by atoms with van der Waals surface area (Å²) < 4.78 is 18.5. The maximum atomic E-state index is 13.3. The fraction of sp³-hybridized carbons (Fsp3) is 0.462. The normalized spacial score (nSPS) is 16.8. The third-order valence-corrected chi connectivity index (χ3v) is 3.00. The fourth-order valence-electron chi connectivity index (χ4n) is 1.93. The summed E-state index contributed by atoms with van der Waals surface area (Å²) in [6, 6.07) is 6.48. The Labute approximate surface area is 100.0 Å². The van der Waals surface area contributed by atoms with Crippen molar-refractivity contribution in [3.8, 4) is 0 Å². The smallest absolute Gasteiger partial charge is 0.223 e. The van der Waals surface area contributed by atoms with Crippen LogP contribution in [0.15, 0.2) is 24.3 Å². The van der Waals surface area contributed by atoms with E-state index in [1.54, 1.807) is 18.2 Å². The Kier molecular flexibility index (Phi) is 4.09. The van der Waals surface area contributed by atoms with Crippen LogP contribution in [0.4, 0.5) is 4.39 Å². The summed E-state index contributed by atoms with van der Waals surface area (Å²) in [5.41, 5.74) is 0.521. The van der Waals surface area contributed by atoms with Crippen LogP contribution in [-0.4, -0.2) is 19.1 Å². The molecule has 0 atom stereocenters. The molecule has 1 N–H and O–H groups in total. The van der Waals surface area contributed by atoms with Crippen LogP contribution in [0.2, 0.25) is 0 Å². The van der Waals surface area contributed by atoms with Gasteiger partial charge in [0.05, 0.1) is 0 Å². The number of hydrogen-bond acceptors (Lipinski definition) is 2. The summed E-state index contributed by atoms with van der Waals surface area (Å²) in [5, 5.41) is 2.78. The molecule has 1 aliphatic rings. The number of benzene rings is 1. The van der Waals surface area contributed by atoms with E-state index in [0.717, 1.165) is 12.8 Å². The average molecular weight is 237 g/mol. The van der Waals surface area contributed by atoms with Gasteiger partial charge in [-0.15, -0.1) is 0 Å². The fourth-order valence-corrected chi connectivity index (χ4v) is 1.93. The topological polar surface area (TPSA) is 38.3 Å². The molecule has 0 unspecified atom stereocenters. The van der Waals surface area contributed by atoms with E-state index in [2.05, 4.69) is 5.32 Å². The molecule has 1 amide bonds. The lowest BCUT2D eigenvalue weighted by atomic mass is 9.99. The summed E-state index contributed by atoms with van der Waals surface area (Å²) in [7, 11) is 0. The number of amides is 1. The molecule has 1 aromatic rings. The maximum Gasteiger partial charge on any atom is 0.223 e. The predicted octanol–water partition coefficient (Wildman–Crippen LogP) is 1.87. The van der Waals surface area contributed by atoms with E-state index in [9.17, 15) is 9.18 Å². The van der Waals surface area contributed by atoms with Crippen LogP contribution < -0.4 is 5.32 Å². The third-order valence-electron chi connectivity index (χ3n) is 3.00. The van der Waals surface area contributed by atoms with Crippen molar-refractivity contribution in [3.05, 3.63) is 35.6 Å². The van der Waals surface area contributed by atoms with E-state index in [1.165, 1.54) is 6.07 Å². The van der Waals surface area contributed by atoms with Gasteiger partial charge in [-0.2, -0.15) is 0 Å². The first-order valence-electron chi connectivity index (χ1n) is 5.86. The Morgan fingerprint density at radius 1 is 1.35 bits per heavy atom. The van der Waals surface area contributed by atoms with E-state index in [-0.39, 0.29) is 24.2 Å². The van der Waals surface area contributed by atoms with Gasteiger partial charge < -0.3 is 10.1 Å². The van der Waals surface area contributed by atoms with Gasteiger partial charge in [0.1, 0.15) is 5.82 Å². The molecule has 0 aliphatic carbocycles. The molecule has 1 fully saturated rings. The molecule has 1 heterocycles. The molecule has 0 bridgehead atoms. The number of carbonyl (C=O) groups excluding carboxylic acids is 1. The van der Waals surface area contributed by atoms with Gasteiger partial charge in [0.25, 0.3) is 0 Å². The molecule has 3 nitrogen and oxygen atoms in total. The zero-order valence-electron chi connectivity index (χ0n) is 9.62. The first-order chi connectivity index (χ1) is 8.27. The molecule has 0 radical (unpaired) electrons. The summed E-state index contributed by atoms with van der Waals surface area (Å²) in [6.45, 7) is 1.53.